The van der Waals surface area contributed by atoms with Gasteiger partial charge in [0.15, 0.2) is 0 Å². The van der Waals surface area contributed by atoms with E-state index in [0.717, 1.165) is 30.9 Å². The van der Waals surface area contributed by atoms with Crippen LogP contribution in [0.1, 0.15) is 29.7 Å². The number of nitrogens with one attached hydrogen (secondary N) is 2. The summed E-state index contributed by atoms with van der Waals surface area (Å²) < 4.78 is 5.81. The molecule has 1 saturated heterocycles. The highest BCUT2D eigenvalue weighted by Gasteiger charge is 2.22. The molecule has 3 aromatic rings. The minimum atomic E-state index is 0.374. The molecule has 1 atom stereocenters. The monoisotopic (exact) mass is 268 g/mol. The van der Waals surface area contributed by atoms with Gasteiger partial charge >= 0.3 is 0 Å². The van der Waals surface area contributed by atoms with Gasteiger partial charge in [-0.2, -0.15) is 0 Å². The van der Waals surface area contributed by atoms with Gasteiger partial charge in [0.05, 0.1) is 12.3 Å². The molecule has 5 heteroatoms. The Kier molecular flexibility index (Phi) is 2.77. The number of H-pyrrole nitrogens is 1. The number of fused-ring (bicyclic) bond motifs is 1. The maximum Gasteiger partial charge on any atom is 0.221 e. The van der Waals surface area contributed by atoms with Gasteiger partial charge in [-0.25, -0.2) is 0 Å². The molecule has 2 aromatic heterocycles. The van der Waals surface area contributed by atoms with Gasteiger partial charge in [0.1, 0.15) is 0 Å². The van der Waals surface area contributed by atoms with Crippen molar-refractivity contribution in [1.82, 2.24) is 20.5 Å². The number of aromatic nitrogens is 3. The van der Waals surface area contributed by atoms with Crippen LogP contribution in [0.25, 0.3) is 10.9 Å². The minimum absolute atomic E-state index is 0.374. The van der Waals surface area contributed by atoms with Gasteiger partial charge < -0.3 is 14.7 Å². The predicted molar refractivity (Wildman–Crippen MR) is 75.6 cm³/mol. The second-order valence-corrected chi connectivity index (χ2v) is 5.26. The quantitative estimate of drug-likeness (QED) is 0.764. The summed E-state index contributed by atoms with van der Waals surface area (Å²) in [5.41, 5.74) is 2.34. The molecule has 1 aromatic carbocycles. The van der Waals surface area contributed by atoms with Crippen molar-refractivity contribution < 1.29 is 4.42 Å². The molecular formula is C15H16N4O. The zero-order chi connectivity index (χ0) is 13.4. The Morgan fingerprint density at radius 3 is 3.10 bits per heavy atom. The van der Waals surface area contributed by atoms with E-state index in [4.69, 9.17) is 4.42 Å². The molecule has 3 heterocycles. The Bertz CT molecular complexity index is 724. The highest BCUT2D eigenvalue weighted by molar-refractivity contribution is 5.83. The van der Waals surface area contributed by atoms with Crippen LogP contribution in [0.15, 0.2) is 34.9 Å². The van der Waals surface area contributed by atoms with Gasteiger partial charge in [0, 0.05) is 23.6 Å². The molecule has 0 bridgehead atoms. The lowest BCUT2D eigenvalue weighted by molar-refractivity contribution is 0.429. The first kappa shape index (κ1) is 11.7. The lowest BCUT2D eigenvalue weighted by Gasteiger charge is -1.99. The molecule has 102 valence electrons. The highest BCUT2D eigenvalue weighted by atomic mass is 16.4. The van der Waals surface area contributed by atoms with Gasteiger partial charge in [0.25, 0.3) is 0 Å². The SMILES string of the molecule is c1ccc2c(Cc3nnc(C4CCNC4)o3)c[nH]c2c1. The van der Waals surface area contributed by atoms with E-state index in [2.05, 4.69) is 32.6 Å². The van der Waals surface area contributed by atoms with Crippen molar-refractivity contribution in [2.24, 2.45) is 0 Å². The minimum Gasteiger partial charge on any atom is -0.425 e. The van der Waals surface area contributed by atoms with Gasteiger partial charge in [-0.15, -0.1) is 10.2 Å². The smallest absolute Gasteiger partial charge is 0.221 e. The lowest BCUT2D eigenvalue weighted by Crippen LogP contribution is -2.08. The number of rotatable bonds is 3. The molecule has 5 nitrogen and oxygen atoms in total. The molecule has 1 fully saturated rings. The van der Waals surface area contributed by atoms with Gasteiger partial charge in [-0.05, 0) is 24.6 Å². The highest BCUT2D eigenvalue weighted by Crippen LogP contribution is 2.23. The average Bonchev–Trinajstić information content (AvgIpc) is 3.19. The predicted octanol–water partition coefficient (Wildman–Crippen LogP) is 2.22. The summed E-state index contributed by atoms with van der Waals surface area (Å²) in [6.45, 7) is 1.97. The second kappa shape index (κ2) is 4.76. The number of nitrogens with zero attached hydrogens (tertiary/aromatic N) is 2. The van der Waals surface area contributed by atoms with Crippen molar-refractivity contribution >= 4 is 10.9 Å². The van der Waals surface area contributed by atoms with Crippen molar-refractivity contribution in [2.45, 2.75) is 18.8 Å². The first-order valence-electron chi connectivity index (χ1n) is 6.98. The average molecular weight is 268 g/mol. The molecule has 20 heavy (non-hydrogen) atoms. The van der Waals surface area contributed by atoms with Crippen molar-refractivity contribution in [3.05, 3.63) is 47.8 Å². The number of hydrogen-bond donors (Lipinski definition) is 2. The van der Waals surface area contributed by atoms with Crippen LogP contribution in [0, 0.1) is 0 Å². The topological polar surface area (TPSA) is 66.7 Å². The van der Waals surface area contributed by atoms with Crippen LogP contribution in [0.2, 0.25) is 0 Å². The maximum absolute atomic E-state index is 5.81. The molecule has 0 aliphatic carbocycles. The van der Waals surface area contributed by atoms with Crippen LogP contribution < -0.4 is 5.32 Å². The Labute approximate surface area is 116 Å². The van der Waals surface area contributed by atoms with Crippen molar-refractivity contribution in [3.8, 4) is 0 Å². The lowest BCUT2D eigenvalue weighted by atomic mass is 10.1. The molecular weight excluding hydrogens is 252 g/mol. The zero-order valence-electron chi connectivity index (χ0n) is 11.1. The summed E-state index contributed by atoms with van der Waals surface area (Å²) in [7, 11) is 0. The van der Waals surface area contributed by atoms with E-state index in [1.165, 1.54) is 10.9 Å². The summed E-state index contributed by atoms with van der Waals surface area (Å²) in [5.74, 6) is 1.83. The van der Waals surface area contributed by atoms with Gasteiger partial charge in [-0.1, -0.05) is 18.2 Å². The van der Waals surface area contributed by atoms with Gasteiger partial charge in [-0.3, -0.25) is 0 Å². The molecule has 1 aliphatic heterocycles. The molecule has 2 N–H and O–H groups in total. The third kappa shape index (κ3) is 2.00. The molecule has 1 aliphatic rings. The summed E-state index contributed by atoms with van der Waals surface area (Å²) >= 11 is 0. The van der Waals surface area contributed by atoms with Crippen LogP contribution in [0.5, 0.6) is 0 Å². The van der Waals surface area contributed by atoms with Crippen molar-refractivity contribution in [1.29, 1.82) is 0 Å². The molecule has 0 amide bonds. The summed E-state index contributed by atoms with van der Waals surface area (Å²) in [4.78, 5) is 3.27. The molecule has 0 saturated carbocycles. The first-order chi connectivity index (χ1) is 9.90. The van der Waals surface area contributed by atoms with Crippen LogP contribution in [-0.2, 0) is 6.42 Å². The molecule has 0 radical (unpaired) electrons. The third-order valence-corrected chi connectivity index (χ3v) is 3.91. The van der Waals surface area contributed by atoms with E-state index in [1.807, 2.05) is 18.3 Å². The van der Waals surface area contributed by atoms with Crippen LogP contribution >= 0.6 is 0 Å². The van der Waals surface area contributed by atoms with Gasteiger partial charge in [0.2, 0.25) is 11.8 Å². The summed E-state index contributed by atoms with van der Waals surface area (Å²) in [6.07, 6.45) is 3.78. The standard InChI is InChI=1S/C15H16N4O/c1-2-4-13-12(3-1)11(9-17-13)7-14-18-19-15(20-14)10-5-6-16-8-10/h1-4,9-10,16-17H,5-8H2. The fourth-order valence-electron chi connectivity index (χ4n) is 2.81. The fourth-order valence-corrected chi connectivity index (χ4v) is 2.81. The number of benzene rings is 1. The second-order valence-electron chi connectivity index (χ2n) is 5.26. The van der Waals surface area contributed by atoms with E-state index >= 15 is 0 Å². The Hall–Kier alpha value is -2.14. The number of aromatic amines is 1. The number of hydrogen-bond acceptors (Lipinski definition) is 4. The number of para-hydroxylation sites is 1. The summed E-state index contributed by atoms with van der Waals surface area (Å²) in [5, 5.41) is 12.9. The Balaban J connectivity index is 1.59. The molecule has 0 spiro atoms. The van der Waals surface area contributed by atoms with E-state index < -0.39 is 0 Å². The largest absolute Gasteiger partial charge is 0.425 e. The van der Waals surface area contributed by atoms with E-state index in [-0.39, 0.29) is 0 Å². The Morgan fingerprint density at radius 2 is 2.20 bits per heavy atom. The Morgan fingerprint density at radius 1 is 1.25 bits per heavy atom. The maximum atomic E-state index is 5.81. The van der Waals surface area contributed by atoms with Crippen molar-refractivity contribution in [3.63, 3.8) is 0 Å². The van der Waals surface area contributed by atoms with Crippen LogP contribution in [0.3, 0.4) is 0 Å². The van der Waals surface area contributed by atoms with E-state index in [9.17, 15) is 0 Å². The van der Waals surface area contributed by atoms with E-state index in [0.29, 0.717) is 18.2 Å². The van der Waals surface area contributed by atoms with Crippen LogP contribution in [-0.4, -0.2) is 28.3 Å². The molecule has 4 rings (SSSR count). The molecule has 1 unspecified atom stereocenters. The first-order valence-corrected chi connectivity index (χ1v) is 6.98. The van der Waals surface area contributed by atoms with Crippen LogP contribution in [0.4, 0.5) is 0 Å². The van der Waals surface area contributed by atoms with E-state index in [1.54, 1.807) is 0 Å². The fraction of sp³-hybridized carbons (Fsp3) is 0.333. The van der Waals surface area contributed by atoms with Crippen molar-refractivity contribution in [2.75, 3.05) is 13.1 Å². The third-order valence-electron chi connectivity index (χ3n) is 3.91. The normalized spacial score (nSPS) is 18.9. The zero-order valence-corrected chi connectivity index (χ0v) is 11.1. The summed E-state index contributed by atoms with van der Waals surface area (Å²) in [6, 6.07) is 8.26.